The molecule has 2 aromatic heterocycles. The number of aromatic nitrogens is 3. The third-order valence-corrected chi connectivity index (χ3v) is 4.46. The van der Waals surface area contributed by atoms with Gasteiger partial charge in [0.05, 0.1) is 6.04 Å². The first-order valence-electron chi connectivity index (χ1n) is 8.66. The molecule has 1 aliphatic heterocycles. The molecule has 1 N–H and O–H groups in total. The second-order valence-electron chi connectivity index (χ2n) is 6.34. The van der Waals surface area contributed by atoms with Crippen molar-refractivity contribution in [2.75, 3.05) is 26.7 Å². The highest BCUT2D eigenvalue weighted by molar-refractivity contribution is 5.85. The van der Waals surface area contributed by atoms with Gasteiger partial charge in [0.15, 0.2) is 5.82 Å². The Labute approximate surface area is 164 Å². The van der Waals surface area contributed by atoms with Gasteiger partial charge in [-0.1, -0.05) is 17.3 Å². The van der Waals surface area contributed by atoms with Crippen LogP contribution < -0.4 is 10.1 Å². The van der Waals surface area contributed by atoms with Gasteiger partial charge in [0.25, 0.3) is 5.89 Å². The molecule has 1 unspecified atom stereocenters. The van der Waals surface area contributed by atoms with E-state index in [0.29, 0.717) is 18.3 Å². The monoisotopic (exact) mass is 387 g/mol. The van der Waals surface area contributed by atoms with Crippen molar-refractivity contribution >= 4 is 12.4 Å². The lowest BCUT2D eigenvalue weighted by atomic mass is 10.2. The molecule has 8 heteroatoms. The van der Waals surface area contributed by atoms with Crippen molar-refractivity contribution < 1.29 is 9.26 Å². The zero-order valence-electron chi connectivity index (χ0n) is 15.0. The van der Waals surface area contributed by atoms with Crippen molar-refractivity contribution in [3.05, 3.63) is 60.2 Å². The maximum atomic E-state index is 5.85. The lowest BCUT2D eigenvalue weighted by Crippen LogP contribution is -2.44. The van der Waals surface area contributed by atoms with E-state index in [0.717, 1.165) is 36.5 Å². The van der Waals surface area contributed by atoms with Crippen LogP contribution in [-0.4, -0.2) is 46.7 Å². The molecule has 1 aliphatic rings. The summed E-state index contributed by atoms with van der Waals surface area (Å²) in [7, 11) is 2.08. The van der Waals surface area contributed by atoms with E-state index in [1.54, 1.807) is 12.4 Å². The number of hydrogen-bond acceptors (Lipinski definition) is 7. The van der Waals surface area contributed by atoms with Crippen molar-refractivity contribution in [3.8, 4) is 17.2 Å². The van der Waals surface area contributed by atoms with Gasteiger partial charge in [0.2, 0.25) is 0 Å². The molecule has 0 amide bonds. The number of hydrogen-bond donors (Lipinski definition) is 1. The minimum atomic E-state index is 0. The van der Waals surface area contributed by atoms with Gasteiger partial charge in [-0.25, -0.2) is 0 Å². The van der Waals surface area contributed by atoms with Crippen molar-refractivity contribution in [1.29, 1.82) is 0 Å². The Morgan fingerprint density at radius 1 is 1.30 bits per heavy atom. The number of nitrogens with one attached hydrogen (secondary N) is 1. The van der Waals surface area contributed by atoms with Crippen molar-refractivity contribution in [2.45, 2.75) is 12.6 Å². The van der Waals surface area contributed by atoms with Gasteiger partial charge in [-0.05, 0) is 31.3 Å². The predicted octanol–water partition coefficient (Wildman–Crippen LogP) is 2.71. The summed E-state index contributed by atoms with van der Waals surface area (Å²) in [6.45, 7) is 3.23. The van der Waals surface area contributed by atoms with E-state index in [1.807, 2.05) is 36.4 Å². The van der Waals surface area contributed by atoms with Crippen LogP contribution in [-0.2, 0) is 6.61 Å². The Bertz CT molecular complexity index is 858. The first-order valence-corrected chi connectivity index (χ1v) is 8.66. The van der Waals surface area contributed by atoms with Crippen LogP contribution in [0.5, 0.6) is 5.75 Å². The molecule has 0 aliphatic carbocycles. The van der Waals surface area contributed by atoms with E-state index in [4.69, 9.17) is 9.26 Å². The number of ether oxygens (including phenoxy) is 1. The van der Waals surface area contributed by atoms with Gasteiger partial charge < -0.3 is 14.6 Å². The summed E-state index contributed by atoms with van der Waals surface area (Å²) < 4.78 is 11.3. The van der Waals surface area contributed by atoms with E-state index in [-0.39, 0.29) is 18.4 Å². The molecular weight excluding hydrogens is 366 g/mol. The third-order valence-electron chi connectivity index (χ3n) is 4.46. The third kappa shape index (κ3) is 4.63. The van der Waals surface area contributed by atoms with E-state index >= 15 is 0 Å². The lowest BCUT2D eigenvalue weighted by molar-refractivity contribution is 0.190. The second kappa shape index (κ2) is 8.94. The fourth-order valence-corrected chi connectivity index (χ4v) is 2.95. The largest absolute Gasteiger partial charge is 0.489 e. The van der Waals surface area contributed by atoms with Crippen LogP contribution in [0, 0.1) is 0 Å². The van der Waals surface area contributed by atoms with Gasteiger partial charge in [-0.15, -0.1) is 12.4 Å². The molecule has 3 heterocycles. The maximum Gasteiger partial charge on any atom is 0.258 e. The zero-order chi connectivity index (χ0) is 17.8. The van der Waals surface area contributed by atoms with Gasteiger partial charge in [-0.2, -0.15) is 4.98 Å². The molecule has 27 heavy (non-hydrogen) atoms. The standard InChI is InChI=1S/C19H21N5O2.ClH/c1-24-9-8-21-12-17(24)18-22-19(26-23-18)15-5-2-6-16(10-15)25-13-14-4-3-7-20-11-14;/h2-7,10-11,17,21H,8-9,12-13H2,1H3;1H. The van der Waals surface area contributed by atoms with E-state index in [9.17, 15) is 0 Å². The molecule has 7 nitrogen and oxygen atoms in total. The quantitative estimate of drug-likeness (QED) is 0.721. The number of pyridine rings is 1. The molecule has 142 valence electrons. The average molecular weight is 388 g/mol. The van der Waals surface area contributed by atoms with E-state index in [1.165, 1.54) is 0 Å². The summed E-state index contributed by atoms with van der Waals surface area (Å²) in [5, 5.41) is 7.54. The summed E-state index contributed by atoms with van der Waals surface area (Å²) >= 11 is 0. The summed E-state index contributed by atoms with van der Waals surface area (Å²) in [5.41, 5.74) is 1.87. The van der Waals surface area contributed by atoms with Crippen LogP contribution in [0.2, 0.25) is 0 Å². The number of benzene rings is 1. The van der Waals surface area contributed by atoms with Gasteiger partial charge in [0, 0.05) is 43.2 Å². The van der Waals surface area contributed by atoms with Crippen LogP contribution in [0.3, 0.4) is 0 Å². The Morgan fingerprint density at radius 3 is 3.04 bits per heavy atom. The number of nitrogens with zero attached hydrogens (tertiary/aromatic N) is 4. The van der Waals surface area contributed by atoms with Gasteiger partial charge in [0.1, 0.15) is 12.4 Å². The van der Waals surface area contributed by atoms with Gasteiger partial charge in [-0.3, -0.25) is 9.88 Å². The summed E-state index contributed by atoms with van der Waals surface area (Å²) in [6.07, 6.45) is 3.54. The Kier molecular flexibility index (Phi) is 6.39. The van der Waals surface area contributed by atoms with Gasteiger partial charge >= 0.3 is 0 Å². The SMILES string of the molecule is CN1CCNCC1c1noc(-c2cccc(OCc3cccnc3)c2)n1.Cl. The molecule has 1 aromatic carbocycles. The number of halogens is 1. The van der Waals surface area contributed by atoms with Crippen LogP contribution >= 0.6 is 12.4 Å². The molecule has 4 rings (SSSR count). The lowest BCUT2D eigenvalue weighted by Gasteiger charge is -2.30. The molecule has 0 saturated carbocycles. The predicted molar refractivity (Wildman–Crippen MR) is 104 cm³/mol. The summed E-state index contributed by atoms with van der Waals surface area (Å²) in [6, 6.07) is 11.7. The normalized spacial score (nSPS) is 17.3. The smallest absolute Gasteiger partial charge is 0.258 e. The Balaban J connectivity index is 0.00000210. The van der Waals surface area contributed by atoms with Crippen LogP contribution in [0.25, 0.3) is 11.5 Å². The minimum Gasteiger partial charge on any atom is -0.489 e. The van der Waals surface area contributed by atoms with Crippen molar-refractivity contribution in [2.24, 2.45) is 0 Å². The highest BCUT2D eigenvalue weighted by atomic mass is 35.5. The Hall–Kier alpha value is -2.48. The fraction of sp³-hybridized carbons (Fsp3) is 0.316. The van der Waals surface area contributed by atoms with Crippen LogP contribution in [0.15, 0.2) is 53.3 Å². The number of piperazine rings is 1. The molecule has 1 saturated heterocycles. The molecule has 0 spiro atoms. The topological polar surface area (TPSA) is 76.3 Å². The zero-order valence-corrected chi connectivity index (χ0v) is 15.9. The maximum absolute atomic E-state index is 5.85. The molecule has 0 bridgehead atoms. The van der Waals surface area contributed by atoms with Crippen LogP contribution in [0.1, 0.15) is 17.4 Å². The number of rotatable bonds is 5. The molecule has 1 fully saturated rings. The highest BCUT2D eigenvalue weighted by Crippen LogP contribution is 2.25. The first-order chi connectivity index (χ1) is 12.8. The molecule has 3 aromatic rings. The second-order valence-corrected chi connectivity index (χ2v) is 6.34. The van der Waals surface area contributed by atoms with Crippen LogP contribution in [0.4, 0.5) is 0 Å². The average Bonchev–Trinajstić information content (AvgIpc) is 3.18. The summed E-state index contributed by atoms with van der Waals surface area (Å²) in [5.74, 6) is 1.96. The fourth-order valence-electron chi connectivity index (χ4n) is 2.95. The molecule has 1 atom stereocenters. The minimum absolute atomic E-state index is 0. The Morgan fingerprint density at radius 2 is 2.22 bits per heavy atom. The molecule has 0 radical (unpaired) electrons. The summed E-state index contributed by atoms with van der Waals surface area (Å²) in [4.78, 5) is 10.9. The van der Waals surface area contributed by atoms with E-state index < -0.39 is 0 Å². The van der Waals surface area contributed by atoms with E-state index in [2.05, 4.69) is 32.4 Å². The number of likely N-dealkylation sites (N-methyl/N-ethyl adjacent to an activating group) is 1. The van der Waals surface area contributed by atoms with Crippen molar-refractivity contribution in [1.82, 2.24) is 25.3 Å². The first kappa shape index (κ1) is 19.3. The highest BCUT2D eigenvalue weighted by Gasteiger charge is 2.25. The van der Waals surface area contributed by atoms with Crippen molar-refractivity contribution in [3.63, 3.8) is 0 Å². The molecular formula is C19H22ClN5O2.